The van der Waals surface area contributed by atoms with Gasteiger partial charge in [-0.15, -0.1) is 0 Å². The van der Waals surface area contributed by atoms with E-state index >= 15 is 0 Å². The fourth-order valence-corrected chi connectivity index (χ4v) is 1.48. The maximum atomic E-state index is 9.85. The van der Waals surface area contributed by atoms with E-state index in [-0.39, 0.29) is 0 Å². The molecule has 0 spiro atoms. The van der Waals surface area contributed by atoms with Crippen LogP contribution in [0.2, 0.25) is 0 Å². The zero-order valence-corrected chi connectivity index (χ0v) is 8.64. The minimum absolute atomic E-state index is 0.448. The van der Waals surface area contributed by atoms with Crippen LogP contribution in [-0.2, 0) is 12.8 Å². The predicted molar refractivity (Wildman–Crippen MR) is 55.5 cm³/mol. The molecule has 0 aliphatic rings. The highest BCUT2D eigenvalue weighted by molar-refractivity contribution is 5.11. The molecular formula is C12H14O3. The molecule has 1 atom stereocenters. The Morgan fingerprint density at radius 3 is 2.73 bits per heavy atom. The summed E-state index contributed by atoms with van der Waals surface area (Å²) in [4.78, 5) is 0. The molecule has 0 bridgehead atoms. The standard InChI is InChI=1S/C12H14O3/c1-2-9-5-6-12(15-9)11(13)8-10-4-3-7-14-10/h3-7,11,13H,2,8H2,1H3. The summed E-state index contributed by atoms with van der Waals surface area (Å²) in [6.07, 6.45) is 2.26. The minimum atomic E-state index is -0.628. The molecule has 80 valence electrons. The van der Waals surface area contributed by atoms with E-state index in [1.165, 1.54) is 0 Å². The van der Waals surface area contributed by atoms with Crippen molar-refractivity contribution in [2.45, 2.75) is 25.9 Å². The molecule has 2 aromatic heterocycles. The number of rotatable bonds is 4. The van der Waals surface area contributed by atoms with Gasteiger partial charge in [-0.3, -0.25) is 0 Å². The molecule has 2 aromatic rings. The van der Waals surface area contributed by atoms with E-state index in [9.17, 15) is 5.11 Å². The normalized spacial score (nSPS) is 12.9. The largest absolute Gasteiger partial charge is 0.469 e. The second-order valence-electron chi connectivity index (χ2n) is 3.46. The fourth-order valence-electron chi connectivity index (χ4n) is 1.48. The first-order chi connectivity index (χ1) is 7.29. The van der Waals surface area contributed by atoms with Gasteiger partial charge < -0.3 is 13.9 Å². The maximum Gasteiger partial charge on any atom is 0.133 e. The fraction of sp³-hybridized carbons (Fsp3) is 0.333. The Labute approximate surface area is 88.3 Å². The zero-order chi connectivity index (χ0) is 10.7. The van der Waals surface area contributed by atoms with Crippen molar-refractivity contribution >= 4 is 0 Å². The third-order valence-corrected chi connectivity index (χ3v) is 2.33. The molecule has 2 rings (SSSR count). The molecule has 0 aliphatic heterocycles. The van der Waals surface area contributed by atoms with Gasteiger partial charge in [0.15, 0.2) is 0 Å². The van der Waals surface area contributed by atoms with Gasteiger partial charge >= 0.3 is 0 Å². The van der Waals surface area contributed by atoms with Crippen molar-refractivity contribution < 1.29 is 13.9 Å². The summed E-state index contributed by atoms with van der Waals surface area (Å²) in [5, 5.41) is 9.85. The summed E-state index contributed by atoms with van der Waals surface area (Å²) >= 11 is 0. The lowest BCUT2D eigenvalue weighted by Gasteiger charge is -2.04. The van der Waals surface area contributed by atoms with Crippen LogP contribution in [0.25, 0.3) is 0 Å². The van der Waals surface area contributed by atoms with Crippen LogP contribution >= 0.6 is 0 Å². The molecule has 2 heterocycles. The molecular weight excluding hydrogens is 192 g/mol. The lowest BCUT2D eigenvalue weighted by atomic mass is 10.2. The van der Waals surface area contributed by atoms with E-state index in [4.69, 9.17) is 8.83 Å². The van der Waals surface area contributed by atoms with Gasteiger partial charge in [-0.2, -0.15) is 0 Å². The van der Waals surface area contributed by atoms with Crippen molar-refractivity contribution in [3.8, 4) is 0 Å². The van der Waals surface area contributed by atoms with Gasteiger partial charge in [0.05, 0.1) is 6.26 Å². The van der Waals surface area contributed by atoms with Crippen molar-refractivity contribution in [2.24, 2.45) is 0 Å². The first kappa shape index (κ1) is 10.1. The van der Waals surface area contributed by atoms with Crippen molar-refractivity contribution in [1.82, 2.24) is 0 Å². The molecule has 0 amide bonds. The third-order valence-electron chi connectivity index (χ3n) is 2.33. The van der Waals surface area contributed by atoms with E-state index in [2.05, 4.69) is 0 Å². The highest BCUT2D eigenvalue weighted by atomic mass is 16.4. The number of hydrogen-bond donors (Lipinski definition) is 1. The first-order valence-electron chi connectivity index (χ1n) is 5.08. The number of hydrogen-bond acceptors (Lipinski definition) is 3. The van der Waals surface area contributed by atoms with Gasteiger partial charge in [-0.1, -0.05) is 6.92 Å². The summed E-state index contributed by atoms with van der Waals surface area (Å²) < 4.78 is 10.6. The summed E-state index contributed by atoms with van der Waals surface area (Å²) in [6, 6.07) is 7.35. The Kier molecular flexibility index (Phi) is 2.92. The van der Waals surface area contributed by atoms with E-state index in [0.717, 1.165) is 17.9 Å². The second-order valence-corrected chi connectivity index (χ2v) is 3.46. The first-order valence-corrected chi connectivity index (χ1v) is 5.08. The van der Waals surface area contributed by atoms with Crippen LogP contribution in [0, 0.1) is 0 Å². The topological polar surface area (TPSA) is 46.5 Å². The molecule has 15 heavy (non-hydrogen) atoms. The van der Waals surface area contributed by atoms with Gasteiger partial charge in [0.25, 0.3) is 0 Å². The smallest absolute Gasteiger partial charge is 0.133 e. The molecule has 0 radical (unpaired) electrons. The lowest BCUT2D eigenvalue weighted by Crippen LogP contribution is -1.99. The highest BCUT2D eigenvalue weighted by Crippen LogP contribution is 2.21. The summed E-state index contributed by atoms with van der Waals surface area (Å²) in [7, 11) is 0. The highest BCUT2D eigenvalue weighted by Gasteiger charge is 2.13. The molecule has 0 saturated heterocycles. The SMILES string of the molecule is CCc1ccc(C(O)Cc2ccco2)o1. The molecule has 0 aromatic carbocycles. The average molecular weight is 206 g/mol. The summed E-state index contributed by atoms with van der Waals surface area (Å²) in [5.41, 5.74) is 0. The van der Waals surface area contributed by atoms with E-state index in [1.54, 1.807) is 6.26 Å². The molecule has 0 aliphatic carbocycles. The van der Waals surface area contributed by atoms with Gasteiger partial charge in [-0.05, 0) is 24.3 Å². The third kappa shape index (κ3) is 2.30. The number of aryl methyl sites for hydroxylation is 1. The van der Waals surface area contributed by atoms with Crippen LogP contribution in [0.15, 0.2) is 39.4 Å². The van der Waals surface area contributed by atoms with Crippen LogP contribution in [0.3, 0.4) is 0 Å². The van der Waals surface area contributed by atoms with Crippen LogP contribution < -0.4 is 0 Å². The average Bonchev–Trinajstić information content (AvgIpc) is 2.86. The van der Waals surface area contributed by atoms with Crippen LogP contribution in [0.1, 0.15) is 30.3 Å². The van der Waals surface area contributed by atoms with E-state index in [1.807, 2.05) is 31.2 Å². The quantitative estimate of drug-likeness (QED) is 0.836. The van der Waals surface area contributed by atoms with Crippen molar-refractivity contribution in [2.75, 3.05) is 0 Å². The Bertz CT molecular complexity index is 400. The van der Waals surface area contributed by atoms with Gasteiger partial charge in [0, 0.05) is 12.8 Å². The molecule has 1 unspecified atom stereocenters. The van der Waals surface area contributed by atoms with E-state index in [0.29, 0.717) is 12.2 Å². The van der Waals surface area contributed by atoms with Crippen LogP contribution in [0.5, 0.6) is 0 Å². The maximum absolute atomic E-state index is 9.85. The van der Waals surface area contributed by atoms with E-state index < -0.39 is 6.10 Å². The molecule has 0 saturated carbocycles. The minimum Gasteiger partial charge on any atom is -0.469 e. The Morgan fingerprint density at radius 1 is 1.27 bits per heavy atom. The van der Waals surface area contributed by atoms with Crippen LogP contribution in [-0.4, -0.2) is 5.11 Å². The predicted octanol–water partition coefficient (Wildman–Crippen LogP) is 2.71. The number of aliphatic hydroxyl groups is 1. The molecule has 1 N–H and O–H groups in total. The van der Waals surface area contributed by atoms with Gasteiger partial charge in [0.1, 0.15) is 23.4 Å². The Balaban J connectivity index is 2.04. The van der Waals surface area contributed by atoms with Crippen LogP contribution in [0.4, 0.5) is 0 Å². The van der Waals surface area contributed by atoms with Crippen molar-refractivity contribution in [1.29, 1.82) is 0 Å². The van der Waals surface area contributed by atoms with Crippen molar-refractivity contribution in [3.05, 3.63) is 47.8 Å². The zero-order valence-electron chi connectivity index (χ0n) is 8.64. The Morgan fingerprint density at radius 2 is 2.13 bits per heavy atom. The monoisotopic (exact) mass is 206 g/mol. The number of aliphatic hydroxyl groups excluding tert-OH is 1. The van der Waals surface area contributed by atoms with Gasteiger partial charge in [-0.25, -0.2) is 0 Å². The van der Waals surface area contributed by atoms with Gasteiger partial charge in [0.2, 0.25) is 0 Å². The lowest BCUT2D eigenvalue weighted by molar-refractivity contribution is 0.141. The Hall–Kier alpha value is -1.48. The molecule has 0 fully saturated rings. The number of furan rings is 2. The second kappa shape index (κ2) is 4.36. The van der Waals surface area contributed by atoms with Crippen molar-refractivity contribution in [3.63, 3.8) is 0 Å². The summed E-state index contributed by atoms with van der Waals surface area (Å²) in [6.45, 7) is 2.02. The molecule has 3 nitrogen and oxygen atoms in total. The molecule has 3 heteroatoms. The summed E-state index contributed by atoms with van der Waals surface area (Å²) in [5.74, 6) is 2.25.